The first-order valence-electron chi connectivity index (χ1n) is 10.8. The van der Waals surface area contributed by atoms with Gasteiger partial charge in [-0.3, -0.25) is 9.59 Å². The molecule has 0 aromatic heterocycles. The summed E-state index contributed by atoms with van der Waals surface area (Å²) in [4.78, 5) is 36.0. The van der Waals surface area contributed by atoms with Crippen molar-refractivity contribution >= 4 is 17.5 Å². The second-order valence-corrected chi connectivity index (χ2v) is 10.2. The van der Waals surface area contributed by atoms with Gasteiger partial charge in [-0.25, -0.2) is 4.79 Å². The van der Waals surface area contributed by atoms with Crippen molar-refractivity contribution in [1.82, 2.24) is 0 Å². The van der Waals surface area contributed by atoms with E-state index in [2.05, 4.69) is 13.8 Å². The van der Waals surface area contributed by atoms with Gasteiger partial charge in [0.05, 0.1) is 5.41 Å². The number of carbonyl (C=O) groups is 3. The molecule has 4 nitrogen and oxygen atoms in total. The molecular formula is C24H32O4. The molecule has 4 heteroatoms. The van der Waals surface area contributed by atoms with Gasteiger partial charge in [0, 0.05) is 12.5 Å². The molecule has 0 saturated heterocycles. The van der Waals surface area contributed by atoms with Crippen molar-refractivity contribution in [3.8, 4) is 0 Å². The minimum atomic E-state index is -0.979. The number of aliphatic carboxylic acids is 1. The lowest BCUT2D eigenvalue weighted by Gasteiger charge is -2.59. The molecule has 28 heavy (non-hydrogen) atoms. The fraction of sp³-hybridized carbons (Fsp3) is 0.708. The van der Waals surface area contributed by atoms with Crippen LogP contribution in [0.5, 0.6) is 0 Å². The van der Waals surface area contributed by atoms with E-state index < -0.39 is 11.4 Å². The maximum absolute atomic E-state index is 12.8. The van der Waals surface area contributed by atoms with Crippen molar-refractivity contribution in [3.63, 3.8) is 0 Å². The SMILES string of the molecule is CC(=O)[C@@]1(C=CC(=O)O)CC[C@H]2[C@@H]3CCC4=CC(=O)CC[C@]4(C)[C@H]3CC[C@@]21C. The average Bonchev–Trinajstić information content (AvgIpc) is 2.94. The molecule has 0 bridgehead atoms. The quantitative estimate of drug-likeness (QED) is 0.714. The van der Waals surface area contributed by atoms with E-state index in [1.807, 2.05) is 6.08 Å². The molecule has 0 aliphatic heterocycles. The number of carboxylic acid groups (broad SMARTS) is 1. The standard InChI is InChI=1S/C24H32O4/c1-15(25)24(13-9-21(27)28)12-8-20-18-5-4-16-14-17(26)6-10-22(16,2)19(18)7-11-23(20,24)3/h9,13-14,18-20H,4-8,10-12H2,1-3H3,(H,27,28)/t18-,19+,20+,22+,23+,24+/m1/s1. The third-order valence-electron chi connectivity index (χ3n) is 9.36. The van der Waals surface area contributed by atoms with Gasteiger partial charge in [-0.05, 0) is 86.5 Å². The second-order valence-electron chi connectivity index (χ2n) is 10.2. The van der Waals surface area contributed by atoms with Gasteiger partial charge in [-0.15, -0.1) is 0 Å². The monoisotopic (exact) mass is 384 g/mol. The van der Waals surface area contributed by atoms with Crippen molar-refractivity contribution in [2.24, 2.45) is 34.0 Å². The Morgan fingerprint density at radius 3 is 2.46 bits per heavy atom. The predicted octanol–water partition coefficient (Wildman–Crippen LogP) is 4.73. The Kier molecular flexibility index (Phi) is 4.48. The van der Waals surface area contributed by atoms with E-state index in [0.29, 0.717) is 24.2 Å². The number of ketones is 2. The summed E-state index contributed by atoms with van der Waals surface area (Å²) in [6.45, 7) is 6.25. The number of Topliss-reactive ketones (excluding diaryl/α,β-unsaturated/α-hetero) is 1. The molecule has 3 saturated carbocycles. The van der Waals surface area contributed by atoms with Crippen LogP contribution >= 0.6 is 0 Å². The number of allylic oxidation sites excluding steroid dienone is 2. The van der Waals surface area contributed by atoms with Crippen molar-refractivity contribution in [2.45, 2.75) is 72.1 Å². The van der Waals surface area contributed by atoms with E-state index in [-0.39, 0.29) is 22.4 Å². The lowest BCUT2D eigenvalue weighted by atomic mass is 9.45. The molecular weight excluding hydrogens is 352 g/mol. The van der Waals surface area contributed by atoms with Gasteiger partial charge < -0.3 is 5.11 Å². The molecule has 1 N–H and O–H groups in total. The Balaban J connectivity index is 1.71. The summed E-state index contributed by atoms with van der Waals surface area (Å²) in [6, 6.07) is 0. The van der Waals surface area contributed by atoms with Crippen LogP contribution in [0.4, 0.5) is 0 Å². The van der Waals surface area contributed by atoms with Crippen LogP contribution in [0, 0.1) is 34.0 Å². The van der Waals surface area contributed by atoms with Crippen molar-refractivity contribution < 1.29 is 19.5 Å². The van der Waals surface area contributed by atoms with Gasteiger partial charge in [0.1, 0.15) is 5.78 Å². The zero-order valence-corrected chi connectivity index (χ0v) is 17.3. The highest BCUT2D eigenvalue weighted by Crippen LogP contribution is 2.70. The highest BCUT2D eigenvalue weighted by Gasteiger charge is 2.64. The normalized spacial score (nSPS) is 45.2. The molecule has 0 spiro atoms. The number of carbonyl (C=O) groups excluding carboxylic acids is 2. The Morgan fingerprint density at radius 1 is 1.07 bits per heavy atom. The third kappa shape index (κ3) is 2.52. The van der Waals surface area contributed by atoms with E-state index in [1.54, 1.807) is 13.0 Å². The molecule has 6 atom stereocenters. The number of hydrogen-bond donors (Lipinski definition) is 1. The van der Waals surface area contributed by atoms with Crippen LogP contribution in [-0.2, 0) is 14.4 Å². The summed E-state index contributed by atoms with van der Waals surface area (Å²) in [5, 5.41) is 9.19. The first-order valence-corrected chi connectivity index (χ1v) is 10.8. The molecule has 4 rings (SSSR count). The maximum Gasteiger partial charge on any atom is 0.328 e. The van der Waals surface area contributed by atoms with Gasteiger partial charge in [-0.2, -0.15) is 0 Å². The predicted molar refractivity (Wildman–Crippen MR) is 107 cm³/mol. The highest BCUT2D eigenvalue weighted by atomic mass is 16.4. The Morgan fingerprint density at radius 2 is 1.79 bits per heavy atom. The van der Waals surface area contributed by atoms with Gasteiger partial charge in [0.2, 0.25) is 0 Å². The van der Waals surface area contributed by atoms with Crippen LogP contribution in [0.3, 0.4) is 0 Å². The van der Waals surface area contributed by atoms with Crippen molar-refractivity contribution in [3.05, 3.63) is 23.8 Å². The number of hydrogen-bond acceptors (Lipinski definition) is 3. The van der Waals surface area contributed by atoms with Crippen molar-refractivity contribution in [1.29, 1.82) is 0 Å². The molecule has 4 aliphatic carbocycles. The molecule has 4 aliphatic rings. The van der Waals surface area contributed by atoms with Gasteiger partial charge in [0.15, 0.2) is 5.78 Å². The first-order chi connectivity index (χ1) is 13.1. The van der Waals surface area contributed by atoms with E-state index in [0.717, 1.165) is 44.9 Å². The molecule has 0 unspecified atom stereocenters. The minimum absolute atomic E-state index is 0.110. The molecule has 152 valence electrons. The van der Waals surface area contributed by atoms with E-state index in [4.69, 9.17) is 0 Å². The van der Waals surface area contributed by atoms with Crippen LogP contribution in [0.15, 0.2) is 23.8 Å². The molecule has 0 radical (unpaired) electrons. The first kappa shape index (κ1) is 19.6. The lowest BCUT2D eigenvalue weighted by molar-refractivity contribution is -0.136. The fourth-order valence-electron chi connectivity index (χ4n) is 7.82. The lowest BCUT2D eigenvalue weighted by Crippen LogP contribution is -2.53. The molecule has 0 aromatic carbocycles. The third-order valence-corrected chi connectivity index (χ3v) is 9.36. The van der Waals surface area contributed by atoms with E-state index in [1.165, 1.54) is 11.6 Å². The summed E-state index contributed by atoms with van der Waals surface area (Å²) in [7, 11) is 0. The number of carboxylic acids is 1. The Bertz CT molecular complexity index is 792. The fourth-order valence-corrected chi connectivity index (χ4v) is 7.82. The maximum atomic E-state index is 12.8. The minimum Gasteiger partial charge on any atom is -0.478 e. The highest BCUT2D eigenvalue weighted by molar-refractivity contribution is 5.91. The van der Waals surface area contributed by atoms with Gasteiger partial charge >= 0.3 is 5.97 Å². The Labute approximate surface area is 167 Å². The molecule has 0 aromatic rings. The molecule has 3 fully saturated rings. The summed E-state index contributed by atoms with van der Waals surface area (Å²) in [5.41, 5.74) is 0.653. The summed E-state index contributed by atoms with van der Waals surface area (Å²) in [5.74, 6) is 0.998. The average molecular weight is 385 g/mol. The second kappa shape index (κ2) is 6.40. The van der Waals surface area contributed by atoms with Crippen LogP contribution in [0.25, 0.3) is 0 Å². The molecule has 0 heterocycles. The number of rotatable bonds is 3. The summed E-state index contributed by atoms with van der Waals surface area (Å²) >= 11 is 0. The summed E-state index contributed by atoms with van der Waals surface area (Å²) < 4.78 is 0. The van der Waals surface area contributed by atoms with Crippen LogP contribution < -0.4 is 0 Å². The van der Waals surface area contributed by atoms with Crippen LogP contribution in [0.1, 0.15) is 72.1 Å². The van der Waals surface area contributed by atoms with Crippen LogP contribution in [-0.4, -0.2) is 22.6 Å². The van der Waals surface area contributed by atoms with E-state index in [9.17, 15) is 19.5 Å². The number of fused-ring (bicyclic) bond motifs is 5. The Hall–Kier alpha value is -1.71. The summed E-state index contributed by atoms with van der Waals surface area (Å²) in [6.07, 6.45) is 12.3. The van der Waals surface area contributed by atoms with Crippen molar-refractivity contribution in [2.75, 3.05) is 0 Å². The zero-order chi connectivity index (χ0) is 20.3. The van der Waals surface area contributed by atoms with E-state index >= 15 is 0 Å². The van der Waals surface area contributed by atoms with Gasteiger partial charge in [-0.1, -0.05) is 25.5 Å². The zero-order valence-electron chi connectivity index (χ0n) is 17.3. The largest absolute Gasteiger partial charge is 0.478 e. The van der Waals surface area contributed by atoms with Crippen LogP contribution in [0.2, 0.25) is 0 Å². The molecule has 0 amide bonds. The van der Waals surface area contributed by atoms with Gasteiger partial charge in [0.25, 0.3) is 0 Å². The smallest absolute Gasteiger partial charge is 0.328 e. The topological polar surface area (TPSA) is 71.4 Å².